The van der Waals surface area contributed by atoms with E-state index in [9.17, 15) is 0 Å². The molecule has 3 unspecified atom stereocenters. The van der Waals surface area contributed by atoms with Gasteiger partial charge in [-0.15, -0.1) is 0 Å². The first kappa shape index (κ1) is 18.2. The average molecular weight is 380 g/mol. The smallest absolute Gasteiger partial charge is 0.0976 e. The molecule has 4 heterocycles. The van der Waals surface area contributed by atoms with Gasteiger partial charge in [0, 0.05) is 43.1 Å². The third-order valence-electron chi connectivity index (χ3n) is 7.01. The maximum absolute atomic E-state index is 5.03. The topological polar surface area (TPSA) is 45.1 Å². The standard InChI is InChI=1S/C23H33N5/c1-2-28-16-17(12-21-20-15-24-13-18(20)14-25-21)23(26-28)19-8-4-5-9-22(19)27-10-6-3-7-11-27/h4-5,8-9,16,18,20-21,24-25H,2-3,6-7,10-15H2,1H3. The zero-order chi connectivity index (χ0) is 18.9. The molecule has 0 saturated carbocycles. The zero-order valence-electron chi connectivity index (χ0n) is 17.0. The van der Waals surface area contributed by atoms with Crippen molar-refractivity contribution in [3.05, 3.63) is 36.0 Å². The predicted octanol–water partition coefficient (Wildman–Crippen LogP) is 2.91. The van der Waals surface area contributed by atoms with Crippen molar-refractivity contribution < 1.29 is 0 Å². The maximum Gasteiger partial charge on any atom is 0.0976 e. The first-order valence-electron chi connectivity index (χ1n) is 11.2. The van der Waals surface area contributed by atoms with E-state index in [2.05, 4.69) is 57.6 Å². The van der Waals surface area contributed by atoms with E-state index in [1.54, 1.807) is 0 Å². The van der Waals surface area contributed by atoms with Crippen LogP contribution in [0.15, 0.2) is 30.5 Å². The summed E-state index contributed by atoms with van der Waals surface area (Å²) >= 11 is 0. The molecule has 5 rings (SSSR count). The second-order valence-electron chi connectivity index (χ2n) is 8.72. The summed E-state index contributed by atoms with van der Waals surface area (Å²) in [6.45, 7) is 8.92. The maximum atomic E-state index is 5.03. The highest BCUT2D eigenvalue weighted by Gasteiger charge is 2.39. The lowest BCUT2D eigenvalue weighted by Crippen LogP contribution is -2.32. The van der Waals surface area contributed by atoms with Crippen LogP contribution in [-0.2, 0) is 13.0 Å². The van der Waals surface area contributed by atoms with E-state index in [0.717, 1.165) is 37.9 Å². The summed E-state index contributed by atoms with van der Waals surface area (Å²) in [5, 5.41) is 12.4. The van der Waals surface area contributed by atoms with Crippen LogP contribution in [-0.4, -0.2) is 48.5 Å². The molecule has 3 atom stereocenters. The molecule has 5 nitrogen and oxygen atoms in total. The van der Waals surface area contributed by atoms with Crippen molar-refractivity contribution in [2.45, 2.75) is 45.2 Å². The van der Waals surface area contributed by atoms with Gasteiger partial charge in [0.25, 0.3) is 0 Å². The number of aromatic nitrogens is 2. The second-order valence-corrected chi connectivity index (χ2v) is 8.72. The first-order valence-corrected chi connectivity index (χ1v) is 11.2. The number of nitrogens with one attached hydrogen (secondary N) is 2. The van der Waals surface area contributed by atoms with E-state index in [0.29, 0.717) is 6.04 Å². The molecular formula is C23H33N5. The van der Waals surface area contributed by atoms with Crippen LogP contribution in [0.2, 0.25) is 0 Å². The van der Waals surface area contributed by atoms with Crippen LogP contribution in [0.4, 0.5) is 5.69 Å². The molecule has 3 aliphatic rings. The van der Waals surface area contributed by atoms with Crippen LogP contribution in [0.5, 0.6) is 0 Å². The highest BCUT2D eigenvalue weighted by molar-refractivity contribution is 5.78. The molecule has 2 aromatic rings. The molecule has 28 heavy (non-hydrogen) atoms. The third kappa shape index (κ3) is 3.35. The fraction of sp³-hybridized carbons (Fsp3) is 0.609. The Hall–Kier alpha value is -1.85. The minimum atomic E-state index is 0.565. The van der Waals surface area contributed by atoms with Gasteiger partial charge in [-0.1, -0.05) is 18.2 Å². The predicted molar refractivity (Wildman–Crippen MR) is 115 cm³/mol. The van der Waals surface area contributed by atoms with Crippen molar-refractivity contribution in [1.29, 1.82) is 0 Å². The Morgan fingerprint density at radius 1 is 1.07 bits per heavy atom. The summed E-state index contributed by atoms with van der Waals surface area (Å²) in [6.07, 6.45) is 7.32. The lowest BCUT2D eigenvalue weighted by atomic mass is 9.89. The van der Waals surface area contributed by atoms with Crippen LogP contribution in [0, 0.1) is 11.8 Å². The summed E-state index contributed by atoms with van der Waals surface area (Å²) in [4.78, 5) is 2.57. The summed E-state index contributed by atoms with van der Waals surface area (Å²) in [5.41, 5.74) is 5.27. The molecule has 5 heteroatoms. The minimum Gasteiger partial charge on any atom is -0.371 e. The Morgan fingerprint density at radius 2 is 1.93 bits per heavy atom. The lowest BCUT2D eigenvalue weighted by molar-refractivity contribution is 0.435. The highest BCUT2D eigenvalue weighted by atomic mass is 15.3. The van der Waals surface area contributed by atoms with Gasteiger partial charge < -0.3 is 15.5 Å². The van der Waals surface area contributed by atoms with E-state index >= 15 is 0 Å². The molecule has 150 valence electrons. The second kappa shape index (κ2) is 7.88. The number of para-hydroxylation sites is 1. The number of benzene rings is 1. The quantitative estimate of drug-likeness (QED) is 0.839. The lowest BCUT2D eigenvalue weighted by Gasteiger charge is -2.30. The summed E-state index contributed by atoms with van der Waals surface area (Å²) in [7, 11) is 0. The van der Waals surface area contributed by atoms with Gasteiger partial charge in [-0.05, 0) is 75.7 Å². The van der Waals surface area contributed by atoms with Gasteiger partial charge in [0.05, 0.1) is 5.69 Å². The molecule has 0 aliphatic carbocycles. The van der Waals surface area contributed by atoms with Gasteiger partial charge in [0.15, 0.2) is 0 Å². The number of anilines is 1. The molecule has 2 N–H and O–H groups in total. The fourth-order valence-corrected chi connectivity index (χ4v) is 5.45. The third-order valence-corrected chi connectivity index (χ3v) is 7.01. The number of nitrogens with zero attached hydrogens (tertiary/aromatic N) is 3. The van der Waals surface area contributed by atoms with Gasteiger partial charge in [-0.2, -0.15) is 5.10 Å². The van der Waals surface area contributed by atoms with Gasteiger partial charge in [-0.3, -0.25) is 4.68 Å². The number of hydrogen-bond donors (Lipinski definition) is 2. The van der Waals surface area contributed by atoms with Crippen molar-refractivity contribution >= 4 is 5.69 Å². The molecule has 3 saturated heterocycles. The van der Waals surface area contributed by atoms with Crippen LogP contribution in [0.1, 0.15) is 31.7 Å². The molecule has 0 radical (unpaired) electrons. The Labute approximate surface area is 168 Å². The summed E-state index contributed by atoms with van der Waals surface area (Å²) < 4.78 is 2.12. The van der Waals surface area contributed by atoms with E-state index in [4.69, 9.17) is 5.10 Å². The average Bonchev–Trinajstić information content (AvgIpc) is 3.46. The van der Waals surface area contributed by atoms with Gasteiger partial charge in [-0.25, -0.2) is 0 Å². The summed E-state index contributed by atoms with van der Waals surface area (Å²) in [6, 6.07) is 9.48. The monoisotopic (exact) mass is 379 g/mol. The van der Waals surface area contributed by atoms with E-state index in [1.807, 2.05) is 0 Å². The Morgan fingerprint density at radius 3 is 2.79 bits per heavy atom. The molecule has 3 fully saturated rings. The van der Waals surface area contributed by atoms with Gasteiger partial charge in [0.2, 0.25) is 0 Å². The Kier molecular flexibility index (Phi) is 5.12. The fourth-order valence-electron chi connectivity index (χ4n) is 5.45. The van der Waals surface area contributed by atoms with Crippen LogP contribution >= 0.6 is 0 Å². The molecule has 0 amide bonds. The van der Waals surface area contributed by atoms with Crippen LogP contribution < -0.4 is 15.5 Å². The molecule has 1 aromatic heterocycles. The van der Waals surface area contributed by atoms with Crippen molar-refractivity contribution in [3.8, 4) is 11.3 Å². The van der Waals surface area contributed by atoms with Crippen LogP contribution in [0.25, 0.3) is 11.3 Å². The van der Waals surface area contributed by atoms with Crippen LogP contribution in [0.3, 0.4) is 0 Å². The van der Waals surface area contributed by atoms with E-state index in [1.165, 1.54) is 61.4 Å². The Bertz CT molecular complexity index is 807. The first-order chi connectivity index (χ1) is 13.8. The minimum absolute atomic E-state index is 0.565. The molecular weight excluding hydrogens is 346 g/mol. The normalized spacial score (nSPS) is 27.3. The molecule has 3 aliphatic heterocycles. The number of rotatable bonds is 5. The van der Waals surface area contributed by atoms with E-state index < -0.39 is 0 Å². The molecule has 1 aromatic carbocycles. The van der Waals surface area contributed by atoms with Crippen molar-refractivity contribution in [2.24, 2.45) is 11.8 Å². The molecule has 0 bridgehead atoms. The zero-order valence-corrected chi connectivity index (χ0v) is 17.0. The SMILES string of the molecule is CCn1cc(CC2NCC3CNCC32)c(-c2ccccc2N2CCCCC2)n1. The Balaban J connectivity index is 1.48. The molecule has 0 spiro atoms. The number of hydrogen-bond acceptors (Lipinski definition) is 4. The largest absolute Gasteiger partial charge is 0.371 e. The highest BCUT2D eigenvalue weighted by Crippen LogP contribution is 2.35. The van der Waals surface area contributed by atoms with Crippen molar-refractivity contribution in [3.63, 3.8) is 0 Å². The summed E-state index contributed by atoms with van der Waals surface area (Å²) in [5.74, 6) is 1.56. The van der Waals surface area contributed by atoms with E-state index in [-0.39, 0.29) is 0 Å². The number of fused-ring (bicyclic) bond motifs is 1. The van der Waals surface area contributed by atoms with Crippen molar-refractivity contribution in [1.82, 2.24) is 20.4 Å². The van der Waals surface area contributed by atoms with Gasteiger partial charge in [0.1, 0.15) is 0 Å². The number of piperidine rings is 1. The van der Waals surface area contributed by atoms with Crippen molar-refractivity contribution in [2.75, 3.05) is 37.6 Å². The van der Waals surface area contributed by atoms with Gasteiger partial charge >= 0.3 is 0 Å². The number of aryl methyl sites for hydroxylation is 1.